The van der Waals surface area contributed by atoms with Crippen LogP contribution in [-0.2, 0) is 11.2 Å². The highest BCUT2D eigenvalue weighted by atomic mass is 32.2. The van der Waals surface area contributed by atoms with Gasteiger partial charge in [0, 0.05) is 17.6 Å². The van der Waals surface area contributed by atoms with Crippen LogP contribution in [0.1, 0.15) is 11.1 Å². The van der Waals surface area contributed by atoms with E-state index in [1.165, 1.54) is 5.70 Å². The maximum atomic E-state index is 12.6. The van der Waals surface area contributed by atoms with Crippen molar-refractivity contribution in [2.45, 2.75) is 6.42 Å². The zero-order valence-corrected chi connectivity index (χ0v) is 16.1. The first-order chi connectivity index (χ1) is 13.8. The van der Waals surface area contributed by atoms with Gasteiger partial charge in [0.1, 0.15) is 0 Å². The number of thioether (sulfide) groups is 1. The number of rotatable bonds is 4. The molecule has 1 amide bonds. The van der Waals surface area contributed by atoms with Crippen molar-refractivity contribution in [2.75, 3.05) is 18.4 Å². The molecule has 3 aromatic carbocycles. The van der Waals surface area contributed by atoms with Crippen LogP contribution in [0.15, 0.2) is 77.1 Å². The predicted octanol–water partition coefficient (Wildman–Crippen LogP) is 4.74. The summed E-state index contributed by atoms with van der Waals surface area (Å²) in [5.74, 6) is -0.00583. The van der Waals surface area contributed by atoms with E-state index in [9.17, 15) is 4.79 Å². The molecule has 4 nitrogen and oxygen atoms in total. The number of hydrogen-bond donors (Lipinski definition) is 1. The lowest BCUT2D eigenvalue weighted by molar-refractivity contribution is -0.115. The van der Waals surface area contributed by atoms with E-state index in [1.54, 1.807) is 11.8 Å². The summed E-state index contributed by atoms with van der Waals surface area (Å²) in [6.45, 7) is 1.81. The van der Waals surface area contributed by atoms with E-state index >= 15 is 0 Å². The molecule has 0 spiro atoms. The van der Waals surface area contributed by atoms with E-state index < -0.39 is 0 Å². The van der Waals surface area contributed by atoms with Gasteiger partial charge in [-0.05, 0) is 34.0 Å². The van der Waals surface area contributed by atoms with Gasteiger partial charge in [-0.1, -0.05) is 66.4 Å². The molecule has 0 atom stereocenters. The summed E-state index contributed by atoms with van der Waals surface area (Å²) >= 11 is 1.68. The molecule has 0 unspecified atom stereocenters. The molecule has 0 bridgehead atoms. The number of carbonyl (C=O) groups excluding carboxylic acids is 1. The predicted molar refractivity (Wildman–Crippen MR) is 117 cm³/mol. The molecule has 5 rings (SSSR count). The van der Waals surface area contributed by atoms with Crippen LogP contribution in [0.3, 0.4) is 0 Å². The third-order valence-electron chi connectivity index (χ3n) is 5.06. The molecule has 0 fully saturated rings. The van der Waals surface area contributed by atoms with Crippen LogP contribution in [0, 0.1) is 0 Å². The molecule has 5 heteroatoms. The minimum Gasteiger partial charge on any atom is -0.326 e. The molecule has 1 N–H and O–H groups in total. The molecule has 3 aromatic rings. The standard InChI is InChI=1S/C23H19N3OS/c27-22(14-18-6-3-5-16-4-1-2-7-20(16)18)25-19-10-8-17(9-11-19)21-15-28-23-24-12-13-26(21)23/h1-11,15H,12-14H2,(H,25,27). The molecular formula is C23H19N3OS. The van der Waals surface area contributed by atoms with Crippen molar-refractivity contribution in [3.8, 4) is 0 Å². The summed E-state index contributed by atoms with van der Waals surface area (Å²) in [5.41, 5.74) is 4.19. The second-order valence-corrected chi connectivity index (χ2v) is 7.71. The first-order valence-electron chi connectivity index (χ1n) is 9.34. The molecule has 28 heavy (non-hydrogen) atoms. The minimum atomic E-state index is -0.00583. The Bertz CT molecular complexity index is 1110. The van der Waals surface area contributed by atoms with Gasteiger partial charge in [0.15, 0.2) is 5.17 Å². The molecule has 0 aliphatic carbocycles. The Morgan fingerprint density at radius 3 is 2.75 bits per heavy atom. The Balaban J connectivity index is 1.28. The normalized spacial score (nSPS) is 15.4. The Morgan fingerprint density at radius 1 is 1.04 bits per heavy atom. The highest BCUT2D eigenvalue weighted by Crippen LogP contribution is 2.35. The molecule has 0 radical (unpaired) electrons. The zero-order chi connectivity index (χ0) is 18.9. The first-order valence-corrected chi connectivity index (χ1v) is 10.2. The number of hydrogen-bond acceptors (Lipinski definition) is 4. The minimum absolute atomic E-state index is 0.00583. The molecule has 0 saturated carbocycles. The number of anilines is 1. The van der Waals surface area contributed by atoms with E-state index in [-0.39, 0.29) is 5.91 Å². The fourth-order valence-corrected chi connectivity index (χ4v) is 4.66. The average molecular weight is 385 g/mol. The molecule has 0 saturated heterocycles. The number of carbonyl (C=O) groups is 1. The Morgan fingerprint density at radius 2 is 1.86 bits per heavy atom. The van der Waals surface area contributed by atoms with Crippen molar-refractivity contribution in [3.05, 3.63) is 83.3 Å². The van der Waals surface area contributed by atoms with Crippen LogP contribution in [0.25, 0.3) is 16.5 Å². The third-order valence-corrected chi connectivity index (χ3v) is 5.97. The summed E-state index contributed by atoms with van der Waals surface area (Å²) < 4.78 is 0. The highest BCUT2D eigenvalue weighted by molar-refractivity contribution is 8.16. The number of benzene rings is 3. The number of amidine groups is 1. The van der Waals surface area contributed by atoms with Crippen LogP contribution in [0.2, 0.25) is 0 Å². The maximum Gasteiger partial charge on any atom is 0.228 e. The van der Waals surface area contributed by atoms with Crippen molar-refractivity contribution >= 4 is 45.0 Å². The van der Waals surface area contributed by atoms with Gasteiger partial charge < -0.3 is 10.2 Å². The van der Waals surface area contributed by atoms with Crippen molar-refractivity contribution in [3.63, 3.8) is 0 Å². The van der Waals surface area contributed by atoms with Crippen LogP contribution in [0.4, 0.5) is 5.69 Å². The monoisotopic (exact) mass is 385 g/mol. The summed E-state index contributed by atoms with van der Waals surface area (Å²) in [6, 6.07) is 22.3. The van der Waals surface area contributed by atoms with Gasteiger partial charge in [-0.3, -0.25) is 9.79 Å². The molecule has 2 heterocycles. The Labute approximate surface area is 168 Å². The molecule has 2 aliphatic heterocycles. The Hall–Kier alpha value is -3.05. The fraction of sp³-hybridized carbons (Fsp3) is 0.130. The molecular weight excluding hydrogens is 366 g/mol. The number of amides is 1. The van der Waals surface area contributed by atoms with E-state index in [1.807, 2.05) is 36.4 Å². The van der Waals surface area contributed by atoms with Crippen molar-refractivity contribution in [1.82, 2.24) is 4.90 Å². The van der Waals surface area contributed by atoms with Crippen molar-refractivity contribution in [2.24, 2.45) is 4.99 Å². The Kier molecular flexibility index (Phi) is 4.37. The SMILES string of the molecule is O=C(Cc1cccc2ccccc12)Nc1ccc(C2=CSC3=NCCN23)cc1. The van der Waals surface area contributed by atoms with Crippen LogP contribution >= 0.6 is 11.8 Å². The second kappa shape index (κ2) is 7.17. The fourth-order valence-electron chi connectivity index (χ4n) is 3.70. The molecule has 138 valence electrons. The second-order valence-electron chi connectivity index (χ2n) is 6.88. The van der Waals surface area contributed by atoms with Gasteiger partial charge in [0.05, 0.1) is 18.7 Å². The van der Waals surface area contributed by atoms with E-state index in [0.717, 1.165) is 45.8 Å². The number of nitrogens with zero attached hydrogens (tertiary/aromatic N) is 2. The van der Waals surface area contributed by atoms with Gasteiger partial charge in [-0.2, -0.15) is 0 Å². The lowest BCUT2D eigenvalue weighted by atomic mass is 10.0. The lowest BCUT2D eigenvalue weighted by Crippen LogP contribution is -2.19. The first kappa shape index (κ1) is 17.1. The van der Waals surface area contributed by atoms with Crippen LogP contribution in [0.5, 0.6) is 0 Å². The molecule has 2 aliphatic rings. The molecule has 0 aromatic heterocycles. The average Bonchev–Trinajstić information content (AvgIpc) is 3.33. The van der Waals surface area contributed by atoms with E-state index in [2.05, 4.69) is 50.9 Å². The maximum absolute atomic E-state index is 12.6. The lowest BCUT2D eigenvalue weighted by Gasteiger charge is -2.17. The van der Waals surface area contributed by atoms with Gasteiger partial charge >= 0.3 is 0 Å². The van der Waals surface area contributed by atoms with E-state index in [4.69, 9.17) is 0 Å². The summed E-state index contributed by atoms with van der Waals surface area (Å²) in [5, 5.41) is 8.53. The van der Waals surface area contributed by atoms with Gasteiger partial charge in [-0.25, -0.2) is 0 Å². The summed E-state index contributed by atoms with van der Waals surface area (Å²) in [6.07, 6.45) is 0.360. The van der Waals surface area contributed by atoms with Crippen molar-refractivity contribution in [1.29, 1.82) is 0 Å². The number of nitrogens with one attached hydrogen (secondary N) is 1. The van der Waals surface area contributed by atoms with Gasteiger partial charge in [-0.15, -0.1) is 0 Å². The zero-order valence-electron chi connectivity index (χ0n) is 15.3. The third kappa shape index (κ3) is 3.18. The van der Waals surface area contributed by atoms with Gasteiger partial charge in [0.2, 0.25) is 5.91 Å². The topological polar surface area (TPSA) is 44.7 Å². The highest BCUT2D eigenvalue weighted by Gasteiger charge is 2.26. The quantitative estimate of drug-likeness (QED) is 0.706. The van der Waals surface area contributed by atoms with Crippen LogP contribution in [-0.4, -0.2) is 29.1 Å². The van der Waals surface area contributed by atoms with Crippen LogP contribution < -0.4 is 5.32 Å². The van der Waals surface area contributed by atoms with Crippen molar-refractivity contribution < 1.29 is 4.79 Å². The smallest absolute Gasteiger partial charge is 0.228 e. The summed E-state index contributed by atoms with van der Waals surface area (Å²) in [7, 11) is 0. The largest absolute Gasteiger partial charge is 0.326 e. The number of aliphatic imine (C=N–C) groups is 1. The van der Waals surface area contributed by atoms with Gasteiger partial charge in [0.25, 0.3) is 0 Å². The summed E-state index contributed by atoms with van der Waals surface area (Å²) in [4.78, 5) is 19.3. The van der Waals surface area contributed by atoms with E-state index in [0.29, 0.717) is 6.42 Å². The number of fused-ring (bicyclic) bond motifs is 2.